The van der Waals surface area contributed by atoms with Crippen molar-refractivity contribution in [3.05, 3.63) is 35.5 Å². The van der Waals surface area contributed by atoms with Crippen molar-refractivity contribution in [1.82, 2.24) is 9.59 Å². The van der Waals surface area contributed by atoms with Crippen LogP contribution in [-0.2, 0) is 4.74 Å². The quantitative estimate of drug-likeness (QED) is 0.500. The number of benzene rings is 1. The van der Waals surface area contributed by atoms with Gasteiger partial charge in [-0.1, -0.05) is 4.49 Å². The topological polar surface area (TPSA) is 85.7 Å². The summed E-state index contributed by atoms with van der Waals surface area (Å²) in [5.41, 5.74) is 3.76. The third kappa shape index (κ3) is 3.99. The average molecular weight is 306 g/mol. The van der Waals surface area contributed by atoms with Gasteiger partial charge in [-0.05, 0) is 36.8 Å². The van der Waals surface area contributed by atoms with E-state index in [2.05, 4.69) is 20.1 Å². The van der Waals surface area contributed by atoms with Gasteiger partial charge in [-0.2, -0.15) is 5.10 Å². The lowest BCUT2D eigenvalue weighted by Gasteiger charge is -2.01. The van der Waals surface area contributed by atoms with Crippen LogP contribution in [0.25, 0.3) is 0 Å². The zero-order chi connectivity index (χ0) is 15.1. The number of nitrogens with one attached hydrogen (secondary N) is 1. The Morgan fingerprint density at radius 1 is 1.43 bits per heavy atom. The van der Waals surface area contributed by atoms with Crippen molar-refractivity contribution in [3.63, 3.8) is 0 Å². The molecule has 0 spiro atoms. The van der Waals surface area contributed by atoms with Gasteiger partial charge in [0, 0.05) is 11.5 Å². The minimum atomic E-state index is -0.520. The standard InChI is InChI=1S/C13H14N4O3S/c1-3-20-13(18)11-12(21-17-15-11)16-14-8-9-4-6-10(19-2)7-5-9/h4-8,16H,3H2,1-2H3/b14-8+. The zero-order valence-electron chi connectivity index (χ0n) is 11.6. The molecule has 0 aliphatic rings. The van der Waals surface area contributed by atoms with Gasteiger partial charge in [0.25, 0.3) is 0 Å². The van der Waals surface area contributed by atoms with Crippen molar-refractivity contribution in [2.75, 3.05) is 19.1 Å². The van der Waals surface area contributed by atoms with E-state index in [4.69, 9.17) is 9.47 Å². The van der Waals surface area contributed by atoms with Crippen LogP contribution in [0.5, 0.6) is 5.75 Å². The zero-order valence-corrected chi connectivity index (χ0v) is 12.4. The molecule has 0 bridgehead atoms. The number of hydrazone groups is 1. The van der Waals surface area contributed by atoms with Crippen molar-refractivity contribution >= 4 is 28.7 Å². The molecule has 1 aromatic heterocycles. The predicted octanol–water partition coefficient (Wildman–Crippen LogP) is 2.17. The number of hydrogen-bond donors (Lipinski definition) is 1. The molecule has 0 radical (unpaired) electrons. The smallest absolute Gasteiger partial charge is 0.362 e. The maximum atomic E-state index is 11.6. The number of anilines is 1. The molecule has 110 valence electrons. The van der Waals surface area contributed by atoms with Gasteiger partial charge in [0.05, 0.1) is 19.9 Å². The molecule has 1 heterocycles. The third-order valence-corrected chi connectivity index (χ3v) is 3.08. The van der Waals surface area contributed by atoms with E-state index in [9.17, 15) is 4.79 Å². The highest BCUT2D eigenvalue weighted by Gasteiger charge is 2.17. The average Bonchev–Trinajstić information content (AvgIpc) is 2.97. The monoisotopic (exact) mass is 306 g/mol. The Morgan fingerprint density at radius 3 is 2.86 bits per heavy atom. The first kappa shape index (κ1) is 14.9. The van der Waals surface area contributed by atoms with E-state index in [-0.39, 0.29) is 12.3 Å². The number of carbonyl (C=O) groups is 1. The molecule has 0 saturated carbocycles. The van der Waals surface area contributed by atoms with E-state index in [0.29, 0.717) is 5.00 Å². The highest BCUT2D eigenvalue weighted by molar-refractivity contribution is 7.10. The summed E-state index contributed by atoms with van der Waals surface area (Å²) < 4.78 is 13.7. The molecular formula is C13H14N4O3S. The van der Waals surface area contributed by atoms with E-state index in [1.807, 2.05) is 24.3 Å². The molecule has 0 aliphatic carbocycles. The minimum Gasteiger partial charge on any atom is -0.497 e. The lowest BCUT2D eigenvalue weighted by Crippen LogP contribution is -2.07. The van der Waals surface area contributed by atoms with Crippen LogP contribution in [0.1, 0.15) is 23.0 Å². The molecule has 0 fully saturated rings. The fourth-order valence-corrected chi connectivity index (χ4v) is 1.96. The molecule has 0 aliphatic heterocycles. The molecule has 8 heteroatoms. The van der Waals surface area contributed by atoms with Crippen LogP contribution in [0.15, 0.2) is 29.4 Å². The second kappa shape index (κ2) is 7.34. The Bertz CT molecular complexity index is 625. The second-order valence-electron chi connectivity index (χ2n) is 3.81. The minimum absolute atomic E-state index is 0.133. The number of aromatic nitrogens is 2. The van der Waals surface area contributed by atoms with E-state index < -0.39 is 5.97 Å². The molecule has 0 saturated heterocycles. The van der Waals surface area contributed by atoms with Gasteiger partial charge >= 0.3 is 5.97 Å². The number of ether oxygens (including phenoxy) is 2. The van der Waals surface area contributed by atoms with Gasteiger partial charge in [0.1, 0.15) is 5.75 Å². The summed E-state index contributed by atoms with van der Waals surface area (Å²) in [7, 11) is 1.61. The first-order chi connectivity index (χ1) is 10.2. The Kier molecular flexibility index (Phi) is 5.22. The maximum absolute atomic E-state index is 11.6. The second-order valence-corrected chi connectivity index (χ2v) is 4.57. The summed E-state index contributed by atoms with van der Waals surface area (Å²) in [5.74, 6) is 0.254. The molecule has 2 aromatic rings. The van der Waals surface area contributed by atoms with Crippen molar-refractivity contribution < 1.29 is 14.3 Å². The SMILES string of the molecule is CCOC(=O)c1nnsc1N/N=C/c1ccc(OC)cc1. The summed E-state index contributed by atoms with van der Waals surface area (Å²) in [6, 6.07) is 7.39. The van der Waals surface area contributed by atoms with Gasteiger partial charge in [-0.3, -0.25) is 5.43 Å². The molecular weight excluding hydrogens is 292 g/mol. The highest BCUT2D eigenvalue weighted by Crippen LogP contribution is 2.18. The summed E-state index contributed by atoms with van der Waals surface area (Å²) in [4.78, 5) is 11.6. The van der Waals surface area contributed by atoms with Crippen LogP contribution in [0, 0.1) is 0 Å². The summed E-state index contributed by atoms with van der Waals surface area (Å²) in [6.07, 6.45) is 1.62. The van der Waals surface area contributed by atoms with Gasteiger partial charge in [0.2, 0.25) is 5.69 Å². The summed E-state index contributed by atoms with van der Waals surface area (Å²) in [6.45, 7) is 2.01. The Morgan fingerprint density at radius 2 is 2.19 bits per heavy atom. The molecule has 2 rings (SSSR count). The van der Waals surface area contributed by atoms with Crippen LogP contribution in [0.2, 0.25) is 0 Å². The first-order valence-electron chi connectivity index (χ1n) is 6.17. The number of nitrogens with zero attached hydrogens (tertiary/aromatic N) is 3. The van der Waals surface area contributed by atoms with Gasteiger partial charge < -0.3 is 9.47 Å². The van der Waals surface area contributed by atoms with Crippen LogP contribution in [0.3, 0.4) is 0 Å². The van der Waals surface area contributed by atoms with Crippen LogP contribution >= 0.6 is 11.5 Å². The Hall–Kier alpha value is -2.48. The fraction of sp³-hybridized carbons (Fsp3) is 0.231. The van der Waals surface area contributed by atoms with E-state index in [0.717, 1.165) is 22.8 Å². The predicted molar refractivity (Wildman–Crippen MR) is 80.1 cm³/mol. The largest absolute Gasteiger partial charge is 0.497 e. The molecule has 1 N–H and O–H groups in total. The molecule has 7 nitrogen and oxygen atoms in total. The van der Waals surface area contributed by atoms with Crippen LogP contribution in [0.4, 0.5) is 5.00 Å². The lowest BCUT2D eigenvalue weighted by atomic mass is 10.2. The highest BCUT2D eigenvalue weighted by atomic mass is 32.1. The van der Waals surface area contributed by atoms with Crippen molar-refractivity contribution in [3.8, 4) is 5.75 Å². The first-order valence-corrected chi connectivity index (χ1v) is 6.94. The number of carbonyl (C=O) groups excluding carboxylic acids is 1. The third-order valence-electron chi connectivity index (χ3n) is 2.45. The number of hydrogen-bond acceptors (Lipinski definition) is 8. The number of rotatable bonds is 6. The Labute approximate surface area is 125 Å². The van der Waals surface area contributed by atoms with E-state index in [1.54, 1.807) is 20.2 Å². The van der Waals surface area contributed by atoms with E-state index >= 15 is 0 Å². The normalized spacial score (nSPS) is 10.6. The molecule has 21 heavy (non-hydrogen) atoms. The molecule has 0 unspecified atom stereocenters. The maximum Gasteiger partial charge on any atom is 0.362 e. The lowest BCUT2D eigenvalue weighted by molar-refractivity contribution is 0.0520. The molecule has 0 atom stereocenters. The number of esters is 1. The van der Waals surface area contributed by atoms with Crippen LogP contribution in [-0.4, -0.2) is 35.5 Å². The van der Waals surface area contributed by atoms with Crippen molar-refractivity contribution in [1.29, 1.82) is 0 Å². The van der Waals surface area contributed by atoms with Crippen molar-refractivity contribution in [2.45, 2.75) is 6.92 Å². The van der Waals surface area contributed by atoms with Crippen molar-refractivity contribution in [2.24, 2.45) is 5.10 Å². The van der Waals surface area contributed by atoms with Gasteiger partial charge in [-0.25, -0.2) is 4.79 Å². The molecule has 1 aromatic carbocycles. The Balaban J connectivity index is 2.00. The molecule has 0 amide bonds. The number of methoxy groups -OCH3 is 1. The van der Waals surface area contributed by atoms with Gasteiger partial charge in [-0.15, -0.1) is 5.10 Å². The van der Waals surface area contributed by atoms with E-state index in [1.165, 1.54) is 0 Å². The fourth-order valence-electron chi connectivity index (χ4n) is 1.45. The summed E-state index contributed by atoms with van der Waals surface area (Å²) in [5, 5.41) is 8.22. The van der Waals surface area contributed by atoms with Crippen LogP contribution < -0.4 is 10.2 Å². The summed E-state index contributed by atoms with van der Waals surface area (Å²) >= 11 is 1.04. The van der Waals surface area contributed by atoms with Gasteiger partial charge in [0.15, 0.2) is 5.00 Å².